The van der Waals surface area contributed by atoms with Crippen LogP contribution < -0.4 is 0 Å². The molecule has 2 aliphatic heterocycles. The monoisotopic (exact) mass is 1270 g/mol. The maximum absolute atomic E-state index is 13.7. The minimum absolute atomic E-state index is 0.277. The van der Waals surface area contributed by atoms with Crippen LogP contribution in [0.25, 0.3) is 12.2 Å². The van der Waals surface area contributed by atoms with Crippen LogP contribution in [0.15, 0.2) is 170 Å². The molecule has 4 aliphatic carbocycles. The number of ether oxygens (including phenoxy) is 5. The summed E-state index contributed by atoms with van der Waals surface area (Å²) in [5.41, 5.74) is 9.91. The molecule has 10 nitrogen and oxygen atoms in total. The van der Waals surface area contributed by atoms with Crippen molar-refractivity contribution in [1.29, 1.82) is 0 Å². The maximum Gasteiger partial charge on any atom is 0.338 e. The van der Waals surface area contributed by atoms with E-state index in [1.165, 1.54) is 137 Å². The molecule has 94 heavy (non-hydrogen) atoms. The Bertz CT molecular complexity index is 3190. The molecule has 6 atom stereocenters. The van der Waals surface area contributed by atoms with Gasteiger partial charge in [0.2, 0.25) is 0 Å². The molecule has 12 rings (SSSR count). The lowest BCUT2D eigenvalue weighted by atomic mass is 9.80. The fourth-order valence-electron chi connectivity index (χ4n) is 15.1. The van der Waals surface area contributed by atoms with Gasteiger partial charge in [-0.15, -0.1) is 0 Å². The minimum Gasteiger partial charge on any atom is -0.454 e. The number of hydrogen-bond donors (Lipinski definition) is 0. The van der Waals surface area contributed by atoms with E-state index in [9.17, 15) is 14.4 Å². The van der Waals surface area contributed by atoms with E-state index < -0.39 is 36.2 Å². The van der Waals surface area contributed by atoms with Gasteiger partial charge < -0.3 is 23.7 Å². The smallest absolute Gasteiger partial charge is 0.338 e. The zero-order valence-corrected chi connectivity index (χ0v) is 56.2. The lowest BCUT2D eigenvalue weighted by Gasteiger charge is -2.28. The maximum atomic E-state index is 13.7. The third kappa shape index (κ3) is 20.3. The molecule has 2 saturated heterocycles. The Morgan fingerprint density at radius 1 is 0.415 bits per heavy atom. The lowest BCUT2D eigenvalue weighted by molar-refractivity contribution is -0.326. The predicted octanol–water partition coefficient (Wildman–Crippen LogP) is 19.1. The fraction of sp³-hybridized carbons (Fsp3) is 0.488. The predicted molar refractivity (Wildman–Crippen MR) is 373 cm³/mol. The average molecular weight is 1270 g/mol. The van der Waals surface area contributed by atoms with Crippen molar-refractivity contribution in [2.45, 2.75) is 193 Å². The molecule has 0 N–H and O–H groups in total. The van der Waals surface area contributed by atoms with E-state index in [1.807, 2.05) is 97.1 Å². The van der Waals surface area contributed by atoms with Crippen molar-refractivity contribution in [3.8, 4) is 0 Å². The Hall–Kier alpha value is -6.95. The molecule has 0 bridgehead atoms. The van der Waals surface area contributed by atoms with Crippen LogP contribution in [0.1, 0.15) is 208 Å². The number of carbonyl (C=O) groups is 3. The Morgan fingerprint density at radius 3 is 1.14 bits per heavy atom. The second-order valence-corrected chi connectivity index (χ2v) is 28.9. The normalized spacial score (nSPS) is 26.8. The molecular formula is C84H102O10. The van der Waals surface area contributed by atoms with E-state index in [0.717, 1.165) is 77.0 Å². The lowest BCUT2D eigenvalue weighted by Crippen LogP contribution is -2.34. The molecule has 10 heteroatoms. The Balaban J connectivity index is 0.000000192. The first-order chi connectivity index (χ1) is 45.9. The molecule has 0 amide bonds. The summed E-state index contributed by atoms with van der Waals surface area (Å²) >= 11 is 0. The quantitative estimate of drug-likeness (QED) is 0.0153. The van der Waals surface area contributed by atoms with Crippen molar-refractivity contribution >= 4 is 30.1 Å². The Labute approximate surface area is 560 Å². The summed E-state index contributed by atoms with van der Waals surface area (Å²) in [6.07, 6.45) is 29.6. The molecule has 2 heterocycles. The van der Waals surface area contributed by atoms with Gasteiger partial charge >= 0.3 is 17.9 Å². The third-order valence-electron chi connectivity index (χ3n) is 21.3. The second kappa shape index (κ2) is 34.6. The van der Waals surface area contributed by atoms with E-state index in [4.69, 9.17) is 33.5 Å². The molecule has 0 spiro atoms. The van der Waals surface area contributed by atoms with Crippen LogP contribution in [-0.4, -0.2) is 62.1 Å². The number of carbonyl (C=O) groups excluding carboxylic acids is 3. The van der Waals surface area contributed by atoms with Gasteiger partial charge in [-0.1, -0.05) is 225 Å². The minimum atomic E-state index is -0.845. The number of esters is 3. The summed E-state index contributed by atoms with van der Waals surface area (Å²) in [5, 5.41) is 0. The zero-order valence-electron chi connectivity index (χ0n) is 56.2. The molecule has 4 saturated carbocycles. The van der Waals surface area contributed by atoms with E-state index in [1.54, 1.807) is 6.08 Å². The number of rotatable bonds is 23. The molecule has 0 radical (unpaired) electrons. The highest BCUT2D eigenvalue weighted by Crippen LogP contribution is 2.39. The fourth-order valence-corrected chi connectivity index (χ4v) is 15.1. The van der Waals surface area contributed by atoms with Gasteiger partial charge in [0.05, 0.1) is 24.3 Å². The van der Waals surface area contributed by atoms with Crippen molar-refractivity contribution in [2.24, 2.45) is 47.3 Å². The largest absolute Gasteiger partial charge is 0.454 e. The Morgan fingerprint density at radius 2 is 0.755 bits per heavy atom. The number of fused-ring (bicyclic) bond motifs is 1. The van der Waals surface area contributed by atoms with Gasteiger partial charge in [-0.25, -0.2) is 24.2 Å². The van der Waals surface area contributed by atoms with Gasteiger partial charge in [0.15, 0.2) is 18.3 Å². The van der Waals surface area contributed by atoms with Crippen LogP contribution in [0.5, 0.6) is 0 Å². The van der Waals surface area contributed by atoms with Gasteiger partial charge in [-0.05, 0) is 199 Å². The van der Waals surface area contributed by atoms with E-state index >= 15 is 0 Å². The SMILES string of the molecule is CC1CCC(Cc2ccc(/C=C/COO[C@H]3CO[C@@H]4C(OC(=O)/C=C/c5ccc(CC6CCC(C)CC6)cc5)CO[C@H]34)cc2)CC1.CC1CCC(Cc2ccc(C(=O)O[C@H](c3ccccc3)[C@H](OC(=O)c3ccc(CC4CCC(C)CC4)cc3)c3ccccc3)cc2)CC1. The van der Waals surface area contributed by atoms with Crippen molar-refractivity contribution in [1.82, 2.24) is 0 Å². The molecular weight excluding hydrogens is 1170 g/mol. The van der Waals surface area contributed by atoms with Crippen LogP contribution in [0.2, 0.25) is 0 Å². The molecule has 498 valence electrons. The summed E-state index contributed by atoms with van der Waals surface area (Å²) in [6, 6.07) is 52.2. The van der Waals surface area contributed by atoms with Crippen LogP contribution in [-0.2, 0) is 63.9 Å². The van der Waals surface area contributed by atoms with Gasteiger partial charge in [-0.3, -0.25) is 0 Å². The highest BCUT2D eigenvalue weighted by molar-refractivity contribution is 5.91. The third-order valence-corrected chi connectivity index (χ3v) is 21.3. The summed E-state index contributed by atoms with van der Waals surface area (Å²) < 4.78 is 30.0. The number of benzene rings is 6. The first-order valence-corrected chi connectivity index (χ1v) is 35.8. The van der Waals surface area contributed by atoms with Crippen LogP contribution in [0.3, 0.4) is 0 Å². The average Bonchev–Trinajstić information content (AvgIpc) is 1.59. The highest BCUT2D eigenvalue weighted by atomic mass is 17.2. The zero-order chi connectivity index (χ0) is 65.0. The van der Waals surface area contributed by atoms with Crippen molar-refractivity contribution in [3.63, 3.8) is 0 Å². The summed E-state index contributed by atoms with van der Waals surface area (Å²) in [6.45, 7) is 10.4. The molecule has 1 unspecified atom stereocenters. The molecule has 6 aromatic carbocycles. The standard InChI is InChI=1S/C44H50O4.C40H52O6/c1-31-13-17-33(18-14-31)29-35-21-25-39(26-22-35)43(45)47-41(37-9-5-3-6-10-37)42(38-11-7-4-8-12-38)48-44(46)40-27-23-36(24-28-40)30-34-19-15-32(2)16-20-34;1-28-5-9-32(10-6-28)24-34-17-13-30(14-18-34)4-3-23-44-46-37-27-43-39-36(26-42-40(37)39)45-38(41)22-21-31-15-19-35(20-16-31)25-33-11-7-29(2)8-12-33/h3-12,21-28,31-34,41-42H,13-20,29-30H2,1-2H3;3-4,13-22,28-29,32-33,36-37,39-40H,5-12,23-27H2,1-2H3/b;4-3+,22-21+/t31?,32?,33?,34?,41-,42-;28?,29?,32?,33?,36?,37-,39+,40+/m10/s1. The topological polar surface area (TPSA) is 116 Å². The van der Waals surface area contributed by atoms with Crippen LogP contribution >= 0.6 is 0 Å². The van der Waals surface area contributed by atoms with Crippen molar-refractivity contribution in [3.05, 3.63) is 226 Å². The van der Waals surface area contributed by atoms with E-state index in [-0.39, 0.29) is 24.9 Å². The van der Waals surface area contributed by atoms with Crippen molar-refractivity contribution < 1.29 is 47.8 Å². The van der Waals surface area contributed by atoms with Gasteiger partial charge in [-0.2, -0.15) is 0 Å². The first kappa shape index (κ1) is 68.4. The second-order valence-electron chi connectivity index (χ2n) is 28.9. The van der Waals surface area contributed by atoms with Crippen LogP contribution in [0, 0.1) is 47.3 Å². The van der Waals surface area contributed by atoms with Crippen molar-refractivity contribution in [2.75, 3.05) is 19.8 Å². The van der Waals surface area contributed by atoms with Gasteiger partial charge in [0.1, 0.15) is 24.9 Å². The summed E-state index contributed by atoms with van der Waals surface area (Å²) in [5.74, 6) is 5.18. The van der Waals surface area contributed by atoms with Crippen LogP contribution in [0.4, 0.5) is 0 Å². The highest BCUT2D eigenvalue weighted by Gasteiger charge is 2.50. The molecule has 6 aromatic rings. The molecule has 0 aromatic heterocycles. The first-order valence-electron chi connectivity index (χ1n) is 35.8. The van der Waals surface area contributed by atoms with Gasteiger partial charge in [0, 0.05) is 6.08 Å². The summed E-state index contributed by atoms with van der Waals surface area (Å²) in [4.78, 5) is 51.1. The number of hydrogen-bond acceptors (Lipinski definition) is 10. The van der Waals surface area contributed by atoms with E-state index in [2.05, 4.69) is 100 Å². The summed E-state index contributed by atoms with van der Waals surface area (Å²) in [7, 11) is 0. The Kier molecular flexibility index (Phi) is 25.2. The molecule has 6 fully saturated rings. The van der Waals surface area contributed by atoms with E-state index in [0.29, 0.717) is 36.2 Å². The molecule has 6 aliphatic rings. The van der Waals surface area contributed by atoms with Gasteiger partial charge in [0.25, 0.3) is 0 Å².